The van der Waals surface area contributed by atoms with Crippen LogP contribution in [0.25, 0.3) is 10.8 Å². The summed E-state index contributed by atoms with van der Waals surface area (Å²) in [4.78, 5) is 35.6. The van der Waals surface area contributed by atoms with Gasteiger partial charge in [-0.25, -0.2) is 0 Å². The number of fused-ring (bicyclic) bond motifs is 1. The smallest absolute Gasteiger partial charge is 0.273 e. The van der Waals surface area contributed by atoms with Gasteiger partial charge >= 0.3 is 0 Å². The molecule has 0 unspecified atom stereocenters. The number of pyridine rings is 2. The molecular weight excluding hydrogens is 326 g/mol. The van der Waals surface area contributed by atoms with Crippen LogP contribution < -0.4 is 0 Å². The van der Waals surface area contributed by atoms with Gasteiger partial charge in [0.15, 0.2) is 5.78 Å². The number of Topliss-reactive ketones (excluding diaryl/α,β-unsaturated/α-hetero) is 1. The van der Waals surface area contributed by atoms with Crippen molar-refractivity contribution < 1.29 is 9.59 Å². The van der Waals surface area contributed by atoms with Crippen molar-refractivity contribution in [1.29, 1.82) is 0 Å². The second-order valence-electron chi connectivity index (χ2n) is 6.55. The molecule has 5 nitrogen and oxygen atoms in total. The highest BCUT2D eigenvalue weighted by Crippen LogP contribution is 2.24. The van der Waals surface area contributed by atoms with Crippen LogP contribution in [0.2, 0.25) is 0 Å². The second-order valence-corrected chi connectivity index (χ2v) is 6.55. The lowest BCUT2D eigenvalue weighted by molar-refractivity contribution is 0.0647. The van der Waals surface area contributed by atoms with Crippen molar-refractivity contribution in [1.82, 2.24) is 14.9 Å². The number of hydrogen-bond acceptors (Lipinski definition) is 4. The van der Waals surface area contributed by atoms with Gasteiger partial charge in [0, 0.05) is 48.5 Å². The van der Waals surface area contributed by atoms with Crippen LogP contribution in [0.15, 0.2) is 61.1 Å². The largest absolute Gasteiger partial charge is 0.337 e. The zero-order chi connectivity index (χ0) is 17.9. The van der Waals surface area contributed by atoms with Gasteiger partial charge in [0.2, 0.25) is 0 Å². The number of carbonyl (C=O) groups excluding carboxylic acids is 2. The molecule has 1 fully saturated rings. The average Bonchev–Trinajstić information content (AvgIpc) is 2.73. The van der Waals surface area contributed by atoms with Crippen molar-refractivity contribution in [3.05, 3.63) is 72.3 Å². The fourth-order valence-electron chi connectivity index (χ4n) is 3.53. The average molecular weight is 345 g/mol. The van der Waals surface area contributed by atoms with Crippen LogP contribution in [0, 0.1) is 5.92 Å². The molecule has 0 saturated carbocycles. The Balaban J connectivity index is 1.48. The number of carbonyl (C=O) groups is 2. The first kappa shape index (κ1) is 16.4. The Morgan fingerprint density at radius 1 is 0.962 bits per heavy atom. The molecule has 26 heavy (non-hydrogen) atoms. The lowest BCUT2D eigenvalue weighted by Gasteiger charge is -2.31. The molecule has 0 atom stereocenters. The van der Waals surface area contributed by atoms with Gasteiger partial charge in [-0.3, -0.25) is 19.6 Å². The summed E-state index contributed by atoms with van der Waals surface area (Å²) in [6.07, 6.45) is 6.29. The Bertz CT molecular complexity index is 942. The van der Waals surface area contributed by atoms with E-state index in [2.05, 4.69) is 9.97 Å². The van der Waals surface area contributed by atoms with E-state index in [1.165, 1.54) is 0 Å². The lowest BCUT2D eigenvalue weighted by Crippen LogP contribution is -2.40. The summed E-state index contributed by atoms with van der Waals surface area (Å²) in [6.45, 7) is 1.14. The summed E-state index contributed by atoms with van der Waals surface area (Å²) in [5.74, 6) is 0.00582. The molecule has 2 aromatic heterocycles. The van der Waals surface area contributed by atoms with E-state index in [0.29, 0.717) is 37.2 Å². The zero-order valence-corrected chi connectivity index (χ0v) is 14.3. The van der Waals surface area contributed by atoms with Gasteiger partial charge < -0.3 is 4.90 Å². The molecule has 3 aromatic rings. The second kappa shape index (κ2) is 7.04. The first-order valence-electron chi connectivity index (χ1n) is 8.81. The van der Waals surface area contributed by atoms with Crippen LogP contribution in [0.5, 0.6) is 0 Å². The molecule has 5 heteroatoms. The normalized spacial score (nSPS) is 15.2. The van der Waals surface area contributed by atoms with Gasteiger partial charge in [0.05, 0.1) is 0 Å². The summed E-state index contributed by atoms with van der Waals surface area (Å²) in [5, 5.41) is 1.88. The van der Waals surface area contributed by atoms with E-state index in [1.807, 2.05) is 35.2 Å². The maximum Gasteiger partial charge on any atom is 0.273 e. The van der Waals surface area contributed by atoms with Crippen LogP contribution in [-0.2, 0) is 0 Å². The summed E-state index contributed by atoms with van der Waals surface area (Å²) >= 11 is 0. The Kier molecular flexibility index (Phi) is 4.44. The Morgan fingerprint density at radius 2 is 1.77 bits per heavy atom. The maximum absolute atomic E-state index is 12.9. The summed E-state index contributed by atoms with van der Waals surface area (Å²) in [5.41, 5.74) is 1.13. The van der Waals surface area contributed by atoms with Crippen LogP contribution in [0.1, 0.15) is 33.7 Å². The molecule has 1 saturated heterocycles. The minimum atomic E-state index is -0.0610. The van der Waals surface area contributed by atoms with Crippen molar-refractivity contribution in [2.24, 2.45) is 5.92 Å². The molecule has 0 radical (unpaired) electrons. The first-order valence-corrected chi connectivity index (χ1v) is 8.81. The predicted molar refractivity (Wildman–Crippen MR) is 98.9 cm³/mol. The standard InChI is InChI=1S/C21H19N3O2/c25-20(17-5-3-10-22-14-17)16-8-12-24(13-9-16)21(26)19-18-6-2-1-4-15(18)7-11-23-19/h1-7,10-11,14,16H,8-9,12-13H2. The molecule has 0 bridgehead atoms. The molecule has 0 N–H and O–H groups in total. The van der Waals surface area contributed by atoms with Gasteiger partial charge in [-0.1, -0.05) is 24.3 Å². The summed E-state index contributed by atoms with van der Waals surface area (Å²) in [6, 6.07) is 13.3. The monoisotopic (exact) mass is 345 g/mol. The van der Waals surface area contributed by atoms with Crippen molar-refractivity contribution in [3.8, 4) is 0 Å². The van der Waals surface area contributed by atoms with E-state index in [0.717, 1.165) is 10.8 Å². The number of nitrogens with zero attached hydrogens (tertiary/aromatic N) is 3. The molecule has 1 aliphatic heterocycles. The van der Waals surface area contributed by atoms with E-state index >= 15 is 0 Å². The molecule has 130 valence electrons. The molecule has 4 rings (SSSR count). The highest BCUT2D eigenvalue weighted by Gasteiger charge is 2.29. The topological polar surface area (TPSA) is 63.2 Å². The van der Waals surface area contributed by atoms with E-state index < -0.39 is 0 Å². The first-order chi connectivity index (χ1) is 12.7. The lowest BCUT2D eigenvalue weighted by atomic mass is 9.89. The van der Waals surface area contributed by atoms with E-state index in [4.69, 9.17) is 0 Å². The minimum Gasteiger partial charge on any atom is -0.337 e. The Labute approximate surface area is 151 Å². The van der Waals surface area contributed by atoms with Crippen LogP contribution in [0.3, 0.4) is 0 Å². The third-order valence-corrected chi connectivity index (χ3v) is 4.98. The number of benzene rings is 1. The predicted octanol–water partition coefficient (Wildman–Crippen LogP) is 3.36. The van der Waals surface area contributed by atoms with E-state index in [1.54, 1.807) is 30.7 Å². The van der Waals surface area contributed by atoms with Gasteiger partial charge in [0.1, 0.15) is 5.69 Å². The summed E-state index contributed by atoms with van der Waals surface area (Å²) in [7, 11) is 0. The minimum absolute atomic E-state index is 0.0521. The molecule has 0 spiro atoms. The molecule has 1 amide bonds. The van der Waals surface area contributed by atoms with Crippen molar-refractivity contribution >= 4 is 22.5 Å². The fourth-order valence-corrected chi connectivity index (χ4v) is 3.53. The van der Waals surface area contributed by atoms with Crippen LogP contribution >= 0.6 is 0 Å². The number of hydrogen-bond donors (Lipinski definition) is 0. The molecule has 1 aliphatic rings. The number of likely N-dealkylation sites (tertiary alicyclic amines) is 1. The molecule has 3 heterocycles. The Hall–Kier alpha value is -3.08. The van der Waals surface area contributed by atoms with E-state index in [9.17, 15) is 9.59 Å². The highest BCUT2D eigenvalue weighted by molar-refractivity contribution is 6.05. The van der Waals surface area contributed by atoms with E-state index in [-0.39, 0.29) is 17.6 Å². The molecular formula is C21H19N3O2. The third kappa shape index (κ3) is 3.08. The number of ketones is 1. The quantitative estimate of drug-likeness (QED) is 0.683. The van der Waals surface area contributed by atoms with Crippen molar-refractivity contribution in [3.63, 3.8) is 0 Å². The van der Waals surface area contributed by atoms with Gasteiger partial charge in [-0.2, -0.15) is 0 Å². The maximum atomic E-state index is 12.9. The van der Waals surface area contributed by atoms with Gasteiger partial charge in [-0.05, 0) is 36.4 Å². The van der Waals surface area contributed by atoms with Crippen LogP contribution in [-0.4, -0.2) is 39.6 Å². The van der Waals surface area contributed by atoms with Crippen molar-refractivity contribution in [2.75, 3.05) is 13.1 Å². The van der Waals surface area contributed by atoms with Gasteiger partial charge in [-0.15, -0.1) is 0 Å². The Morgan fingerprint density at radius 3 is 2.54 bits per heavy atom. The number of amides is 1. The van der Waals surface area contributed by atoms with Crippen LogP contribution in [0.4, 0.5) is 0 Å². The zero-order valence-electron chi connectivity index (χ0n) is 14.3. The fraction of sp³-hybridized carbons (Fsp3) is 0.238. The van der Waals surface area contributed by atoms with Gasteiger partial charge in [0.25, 0.3) is 5.91 Å². The number of rotatable bonds is 3. The van der Waals surface area contributed by atoms with Crippen molar-refractivity contribution in [2.45, 2.75) is 12.8 Å². The number of aromatic nitrogens is 2. The SMILES string of the molecule is O=C(c1cccnc1)C1CCN(C(=O)c2nccc3ccccc23)CC1. The molecule has 1 aromatic carbocycles. The number of piperidine rings is 1. The molecule has 0 aliphatic carbocycles. The summed E-state index contributed by atoms with van der Waals surface area (Å²) < 4.78 is 0. The highest BCUT2D eigenvalue weighted by atomic mass is 16.2. The third-order valence-electron chi connectivity index (χ3n) is 4.98.